The van der Waals surface area contributed by atoms with E-state index >= 15 is 0 Å². The second-order valence-electron chi connectivity index (χ2n) is 18.8. The molecule has 1 unspecified atom stereocenters. The number of piperazine rings is 1. The van der Waals surface area contributed by atoms with Crippen molar-refractivity contribution < 1.29 is 42.7 Å². The van der Waals surface area contributed by atoms with Crippen molar-refractivity contribution in [2.75, 3.05) is 104 Å². The van der Waals surface area contributed by atoms with Crippen LogP contribution in [-0.4, -0.2) is 160 Å². The van der Waals surface area contributed by atoms with Crippen LogP contribution in [0.4, 0.5) is 5.69 Å². The fourth-order valence-electron chi connectivity index (χ4n) is 10.0. The van der Waals surface area contributed by atoms with Crippen LogP contribution in [0.5, 0.6) is 5.75 Å². The Kier molecular flexibility index (Phi) is 17.4. The van der Waals surface area contributed by atoms with E-state index < -0.39 is 19.1 Å². The Morgan fingerprint density at radius 3 is 2.30 bits per heavy atom. The number of imide groups is 1. The Morgan fingerprint density at radius 2 is 1.56 bits per heavy atom. The number of aryl methyl sites for hydroxylation is 1. The third kappa shape index (κ3) is 12.8. The predicted molar refractivity (Wildman–Crippen MR) is 268 cm³/mol. The maximum Gasteiger partial charge on any atom is 0.255 e. The van der Waals surface area contributed by atoms with Crippen molar-refractivity contribution in [3.05, 3.63) is 111 Å². The van der Waals surface area contributed by atoms with E-state index in [4.69, 9.17) is 35.5 Å². The van der Waals surface area contributed by atoms with Crippen LogP contribution in [0.2, 0.25) is 5.02 Å². The molecule has 70 heavy (non-hydrogen) atoms. The van der Waals surface area contributed by atoms with E-state index in [1.165, 1.54) is 0 Å². The third-order valence-corrected chi connectivity index (χ3v) is 15.7. The predicted octanol–water partition coefficient (Wildman–Crippen LogP) is 5.12. The van der Waals surface area contributed by atoms with Crippen LogP contribution in [0.3, 0.4) is 0 Å². The summed E-state index contributed by atoms with van der Waals surface area (Å²) in [5.41, 5.74) is 6.39. The number of hydrogen-bond donors (Lipinski definition) is 1. The molecule has 16 nitrogen and oxygen atoms in total. The minimum atomic E-state index is -2.48. The van der Waals surface area contributed by atoms with Gasteiger partial charge < -0.3 is 38.2 Å². The maximum atomic E-state index is 13.1. The first-order valence-corrected chi connectivity index (χ1v) is 27.4. The second-order valence-corrected chi connectivity index (χ2v) is 22.4. The Balaban J connectivity index is 0.680. The van der Waals surface area contributed by atoms with Gasteiger partial charge in [0.15, 0.2) is 0 Å². The molecule has 0 radical (unpaired) electrons. The number of piperidine rings is 2. The third-order valence-electron chi connectivity index (χ3n) is 13.8. The lowest BCUT2D eigenvalue weighted by molar-refractivity contribution is -0.139. The van der Waals surface area contributed by atoms with Crippen LogP contribution in [0.15, 0.2) is 66.9 Å². The van der Waals surface area contributed by atoms with Crippen LogP contribution in [0.1, 0.15) is 76.2 Å². The SMILES string of the molecule is COc1cc(N2CCC(N3CCN(C(=O)COCCOCCOCCCc4cccc5c4CN(C4CCC(=O)NC4=O)C5=O)CC3)CC2)ccc1Cc1ncc(Cl)c(Cc2ccccc2P(C)(C)=O)n1. The van der Waals surface area contributed by atoms with Gasteiger partial charge >= 0.3 is 0 Å². The van der Waals surface area contributed by atoms with Gasteiger partial charge in [0.25, 0.3) is 5.91 Å². The normalized spacial score (nSPS) is 18.1. The summed E-state index contributed by atoms with van der Waals surface area (Å²) in [6, 6.07) is 19.6. The number of methoxy groups -OCH3 is 1. The van der Waals surface area contributed by atoms with Gasteiger partial charge in [-0.1, -0.05) is 54.1 Å². The van der Waals surface area contributed by atoms with E-state index in [9.17, 15) is 23.7 Å². The molecule has 374 valence electrons. The number of rotatable bonds is 21. The number of ether oxygens (including phenoxy) is 4. The zero-order valence-electron chi connectivity index (χ0n) is 40.5. The van der Waals surface area contributed by atoms with Gasteiger partial charge in [0.05, 0.1) is 44.3 Å². The number of nitrogens with one attached hydrogen (secondary N) is 1. The highest BCUT2D eigenvalue weighted by Crippen LogP contribution is 2.37. The summed E-state index contributed by atoms with van der Waals surface area (Å²) in [7, 11) is -0.792. The van der Waals surface area contributed by atoms with Crippen molar-refractivity contribution in [1.29, 1.82) is 0 Å². The van der Waals surface area contributed by atoms with Crippen molar-refractivity contribution in [2.45, 2.75) is 70.0 Å². The first-order chi connectivity index (χ1) is 33.9. The minimum absolute atomic E-state index is 0.00201. The molecule has 4 aliphatic heterocycles. The lowest BCUT2D eigenvalue weighted by Gasteiger charge is -2.43. The molecule has 18 heteroatoms. The number of anilines is 1. The molecule has 4 amide bonds. The summed E-state index contributed by atoms with van der Waals surface area (Å²) in [6.45, 7) is 11.0. The zero-order valence-corrected chi connectivity index (χ0v) is 42.2. The molecule has 8 rings (SSSR count). The summed E-state index contributed by atoms with van der Waals surface area (Å²) in [4.78, 5) is 67.9. The monoisotopic (exact) mass is 997 g/mol. The number of carbonyl (C=O) groups is 4. The van der Waals surface area contributed by atoms with Crippen molar-refractivity contribution in [2.24, 2.45) is 0 Å². The quantitative estimate of drug-likeness (QED) is 0.0663. The summed E-state index contributed by atoms with van der Waals surface area (Å²) >= 11 is 6.57. The summed E-state index contributed by atoms with van der Waals surface area (Å²) in [5, 5.41) is 3.67. The highest BCUT2D eigenvalue weighted by atomic mass is 35.5. The number of fused-ring (bicyclic) bond motifs is 1. The first kappa shape index (κ1) is 51.1. The average Bonchev–Trinajstić information content (AvgIpc) is 3.70. The Bertz CT molecular complexity index is 2560. The standard InChI is InChI=1S/C52H65ClN7O9P/c1-66-46-32-40(14-13-37(46)31-48-54-33-43(53)44(55-48)30-38-8-4-5-12-47(38)70(2,3)65)57-19-17-39(18-20-57)58-21-23-59(24-22-58)50(62)35-69-29-28-68-27-26-67-25-7-10-36-9-6-11-41-42(36)34-60(52(41)64)45-15-16-49(61)56-51(45)63/h4-6,8-9,11-14,32-33,39,45H,7,10,15-31,34-35H2,1-3H3,(H,56,61,63). The first-order valence-electron chi connectivity index (χ1n) is 24.4. The number of hydrogen-bond acceptors (Lipinski definition) is 13. The molecule has 3 aromatic carbocycles. The van der Waals surface area contributed by atoms with Crippen LogP contribution >= 0.6 is 18.7 Å². The summed E-state index contributed by atoms with van der Waals surface area (Å²) in [6.07, 6.45) is 6.74. The van der Waals surface area contributed by atoms with Crippen molar-refractivity contribution in [1.82, 2.24) is 30.0 Å². The van der Waals surface area contributed by atoms with E-state index in [0.717, 1.165) is 90.9 Å². The molecule has 3 fully saturated rings. The molecule has 0 saturated carbocycles. The molecular formula is C52H65ClN7O9P. The summed E-state index contributed by atoms with van der Waals surface area (Å²) < 4.78 is 36.0. The Morgan fingerprint density at radius 1 is 0.829 bits per heavy atom. The maximum absolute atomic E-state index is 13.1. The minimum Gasteiger partial charge on any atom is -0.496 e. The molecule has 0 spiro atoms. The molecule has 1 atom stereocenters. The van der Waals surface area contributed by atoms with Gasteiger partial charge in [0.2, 0.25) is 17.7 Å². The van der Waals surface area contributed by atoms with Gasteiger partial charge in [0, 0.05) is 112 Å². The molecule has 3 saturated heterocycles. The van der Waals surface area contributed by atoms with Gasteiger partial charge in [-0.25, -0.2) is 9.97 Å². The smallest absolute Gasteiger partial charge is 0.255 e. The lowest BCUT2D eigenvalue weighted by Crippen LogP contribution is -2.54. The van der Waals surface area contributed by atoms with Gasteiger partial charge in [0.1, 0.15) is 31.4 Å². The van der Waals surface area contributed by atoms with Crippen LogP contribution < -0.4 is 20.3 Å². The van der Waals surface area contributed by atoms with Crippen molar-refractivity contribution >= 4 is 53.4 Å². The Hall–Kier alpha value is -5.22. The van der Waals surface area contributed by atoms with E-state index in [-0.39, 0.29) is 30.7 Å². The Labute approximate surface area is 415 Å². The van der Waals surface area contributed by atoms with Gasteiger partial charge in [-0.15, -0.1) is 0 Å². The molecule has 4 aliphatic rings. The van der Waals surface area contributed by atoms with Crippen molar-refractivity contribution in [3.63, 3.8) is 0 Å². The topological polar surface area (TPSA) is 173 Å². The van der Waals surface area contributed by atoms with E-state index in [2.05, 4.69) is 38.3 Å². The molecule has 4 aromatic rings. The van der Waals surface area contributed by atoms with Crippen LogP contribution in [0, 0.1) is 0 Å². The molecule has 0 aliphatic carbocycles. The summed E-state index contributed by atoms with van der Waals surface area (Å²) in [5.74, 6) is 0.553. The molecule has 1 N–H and O–H groups in total. The average molecular weight is 999 g/mol. The number of nitrogens with zero attached hydrogens (tertiary/aromatic N) is 6. The van der Waals surface area contributed by atoms with E-state index in [1.807, 2.05) is 41.3 Å². The number of halogens is 1. The molecule has 0 bridgehead atoms. The second kappa shape index (κ2) is 23.8. The van der Waals surface area contributed by atoms with E-state index in [1.54, 1.807) is 37.6 Å². The molecular weight excluding hydrogens is 933 g/mol. The molecule has 1 aromatic heterocycles. The van der Waals surface area contributed by atoms with E-state index in [0.29, 0.717) is 100 Å². The van der Waals surface area contributed by atoms with Crippen molar-refractivity contribution in [3.8, 4) is 5.75 Å². The highest BCUT2D eigenvalue weighted by Gasteiger charge is 2.40. The number of carbonyl (C=O) groups excluding carboxylic acids is 4. The fourth-order valence-corrected chi connectivity index (χ4v) is 11.5. The number of aromatic nitrogens is 2. The number of benzene rings is 3. The highest BCUT2D eigenvalue weighted by molar-refractivity contribution is 7.70. The van der Waals surface area contributed by atoms with Crippen LogP contribution in [0.25, 0.3) is 0 Å². The molecule has 5 heterocycles. The van der Waals surface area contributed by atoms with Gasteiger partial charge in [-0.2, -0.15) is 0 Å². The lowest BCUT2D eigenvalue weighted by atomic mass is 10.00. The number of amides is 4. The van der Waals surface area contributed by atoms with Gasteiger partial charge in [-0.3, -0.25) is 29.4 Å². The van der Waals surface area contributed by atoms with Crippen LogP contribution in [-0.2, 0) is 59.0 Å². The zero-order chi connectivity index (χ0) is 49.2. The fraction of sp³-hybridized carbons (Fsp3) is 0.500. The van der Waals surface area contributed by atoms with Gasteiger partial charge in [-0.05, 0) is 74.3 Å². The largest absolute Gasteiger partial charge is 0.496 e.